The van der Waals surface area contributed by atoms with Crippen LogP contribution in [0.1, 0.15) is 24.1 Å². The number of aryl methyl sites for hydroxylation is 1. The summed E-state index contributed by atoms with van der Waals surface area (Å²) in [6, 6.07) is 7.42. The number of benzene rings is 1. The quantitative estimate of drug-likeness (QED) is 0.845. The standard InChI is InChI=1S/C17H24N4O2/c1-5-23-15-8-6-13(7-9-15)11-20(3)17(22)16(18-2)14-10-19-21(4)12-14/h6-10,12,16,18H,5,11H2,1-4H3. The molecule has 1 aromatic heterocycles. The maximum atomic E-state index is 12.7. The molecule has 6 heteroatoms. The molecule has 0 fully saturated rings. The maximum absolute atomic E-state index is 12.7. The van der Waals surface area contributed by atoms with Gasteiger partial charge in [-0.3, -0.25) is 9.48 Å². The van der Waals surface area contributed by atoms with Crippen LogP contribution in [0, 0.1) is 0 Å². The molecule has 23 heavy (non-hydrogen) atoms. The molecule has 1 aromatic carbocycles. The van der Waals surface area contributed by atoms with E-state index in [0.29, 0.717) is 13.2 Å². The zero-order valence-corrected chi connectivity index (χ0v) is 14.1. The molecule has 0 aliphatic rings. The summed E-state index contributed by atoms with van der Waals surface area (Å²) in [6.45, 7) is 3.15. The first-order valence-corrected chi connectivity index (χ1v) is 7.67. The fourth-order valence-electron chi connectivity index (χ4n) is 2.45. The third kappa shape index (κ3) is 4.32. The van der Waals surface area contributed by atoms with Crippen molar-refractivity contribution >= 4 is 5.91 Å². The highest BCUT2D eigenvalue weighted by atomic mass is 16.5. The van der Waals surface area contributed by atoms with Crippen molar-refractivity contribution in [2.75, 3.05) is 20.7 Å². The van der Waals surface area contributed by atoms with Crippen LogP contribution in [-0.2, 0) is 18.4 Å². The Morgan fingerprint density at radius 1 is 1.39 bits per heavy atom. The molecule has 0 spiro atoms. The van der Waals surface area contributed by atoms with Gasteiger partial charge in [-0.2, -0.15) is 5.10 Å². The van der Waals surface area contributed by atoms with Gasteiger partial charge in [0, 0.05) is 32.4 Å². The van der Waals surface area contributed by atoms with Gasteiger partial charge >= 0.3 is 0 Å². The van der Waals surface area contributed by atoms with E-state index in [1.807, 2.05) is 44.4 Å². The summed E-state index contributed by atoms with van der Waals surface area (Å²) in [7, 11) is 5.42. The Morgan fingerprint density at radius 3 is 2.61 bits per heavy atom. The van der Waals surface area contributed by atoms with E-state index in [1.165, 1.54) is 0 Å². The number of ether oxygens (including phenoxy) is 1. The van der Waals surface area contributed by atoms with Crippen molar-refractivity contribution in [1.82, 2.24) is 20.0 Å². The topological polar surface area (TPSA) is 59.4 Å². The summed E-state index contributed by atoms with van der Waals surface area (Å²) in [5, 5.41) is 7.19. The van der Waals surface area contributed by atoms with Crippen LogP contribution in [0.15, 0.2) is 36.7 Å². The van der Waals surface area contributed by atoms with Crippen LogP contribution in [0.5, 0.6) is 5.75 Å². The number of nitrogens with one attached hydrogen (secondary N) is 1. The molecule has 0 saturated carbocycles. The van der Waals surface area contributed by atoms with E-state index in [2.05, 4.69) is 10.4 Å². The third-order valence-electron chi connectivity index (χ3n) is 3.62. The van der Waals surface area contributed by atoms with Gasteiger partial charge in [0.25, 0.3) is 0 Å². The normalized spacial score (nSPS) is 12.0. The van der Waals surface area contributed by atoms with Crippen LogP contribution in [0.3, 0.4) is 0 Å². The minimum atomic E-state index is -0.392. The smallest absolute Gasteiger partial charge is 0.244 e. The Labute approximate surface area is 137 Å². The summed E-state index contributed by atoms with van der Waals surface area (Å²) in [4.78, 5) is 14.4. The number of rotatable bonds is 7. The van der Waals surface area contributed by atoms with E-state index in [-0.39, 0.29) is 5.91 Å². The molecule has 0 aliphatic carbocycles. The predicted molar refractivity (Wildman–Crippen MR) is 89.1 cm³/mol. The molecular weight excluding hydrogens is 292 g/mol. The molecule has 0 bridgehead atoms. The number of carbonyl (C=O) groups is 1. The largest absolute Gasteiger partial charge is 0.494 e. The summed E-state index contributed by atoms with van der Waals surface area (Å²) in [5.74, 6) is 0.850. The molecule has 124 valence electrons. The van der Waals surface area contributed by atoms with Crippen LogP contribution in [0.2, 0.25) is 0 Å². The van der Waals surface area contributed by atoms with Crippen LogP contribution in [0.4, 0.5) is 0 Å². The van der Waals surface area contributed by atoms with Crippen molar-refractivity contribution < 1.29 is 9.53 Å². The molecule has 0 saturated heterocycles. The molecule has 2 rings (SSSR count). The molecular formula is C17H24N4O2. The van der Waals surface area contributed by atoms with Crippen molar-refractivity contribution in [3.8, 4) is 5.75 Å². The number of carbonyl (C=O) groups excluding carboxylic acids is 1. The Hall–Kier alpha value is -2.34. The molecule has 1 atom stereocenters. The van der Waals surface area contributed by atoms with Crippen molar-refractivity contribution in [2.45, 2.75) is 19.5 Å². The molecule has 2 aromatic rings. The van der Waals surface area contributed by atoms with E-state index in [9.17, 15) is 4.79 Å². The summed E-state index contributed by atoms with van der Waals surface area (Å²) in [5.41, 5.74) is 1.92. The van der Waals surface area contributed by atoms with Gasteiger partial charge in [0.05, 0.1) is 12.8 Å². The highest BCUT2D eigenvalue weighted by Gasteiger charge is 2.23. The second kappa shape index (κ2) is 7.78. The minimum absolute atomic E-state index is 0.00869. The zero-order chi connectivity index (χ0) is 16.8. The van der Waals surface area contributed by atoms with Gasteiger partial charge in [-0.1, -0.05) is 12.1 Å². The van der Waals surface area contributed by atoms with Gasteiger partial charge < -0.3 is 15.0 Å². The second-order valence-electron chi connectivity index (χ2n) is 5.44. The average Bonchev–Trinajstić information content (AvgIpc) is 2.96. The SMILES string of the molecule is CCOc1ccc(CN(C)C(=O)C(NC)c2cnn(C)c2)cc1. The third-order valence-corrected chi connectivity index (χ3v) is 3.62. The average molecular weight is 316 g/mol. The van der Waals surface area contributed by atoms with E-state index in [4.69, 9.17) is 4.74 Å². The lowest BCUT2D eigenvalue weighted by atomic mass is 10.1. The first kappa shape index (κ1) is 17.0. The fraction of sp³-hybridized carbons (Fsp3) is 0.412. The van der Waals surface area contributed by atoms with Gasteiger partial charge in [-0.05, 0) is 31.7 Å². The molecule has 1 unspecified atom stereocenters. The first-order chi connectivity index (χ1) is 11.0. The molecule has 1 heterocycles. The minimum Gasteiger partial charge on any atom is -0.494 e. The Kier molecular flexibility index (Phi) is 5.76. The lowest BCUT2D eigenvalue weighted by Gasteiger charge is -2.23. The van der Waals surface area contributed by atoms with Crippen LogP contribution >= 0.6 is 0 Å². The monoisotopic (exact) mass is 316 g/mol. The van der Waals surface area contributed by atoms with Crippen molar-refractivity contribution in [3.63, 3.8) is 0 Å². The molecule has 0 radical (unpaired) electrons. The second-order valence-corrected chi connectivity index (χ2v) is 5.44. The van der Waals surface area contributed by atoms with E-state index >= 15 is 0 Å². The molecule has 6 nitrogen and oxygen atoms in total. The van der Waals surface area contributed by atoms with Gasteiger partial charge in [0.2, 0.25) is 5.91 Å². The fourth-order valence-corrected chi connectivity index (χ4v) is 2.45. The maximum Gasteiger partial charge on any atom is 0.244 e. The number of hydrogen-bond donors (Lipinski definition) is 1. The Bertz CT molecular complexity index is 636. The van der Waals surface area contributed by atoms with E-state index < -0.39 is 6.04 Å². The summed E-state index contributed by atoms with van der Waals surface area (Å²) >= 11 is 0. The summed E-state index contributed by atoms with van der Waals surface area (Å²) < 4.78 is 7.12. The van der Waals surface area contributed by atoms with Gasteiger partial charge in [-0.15, -0.1) is 0 Å². The number of hydrogen-bond acceptors (Lipinski definition) is 4. The number of likely N-dealkylation sites (N-methyl/N-ethyl adjacent to an activating group) is 2. The number of aromatic nitrogens is 2. The van der Waals surface area contributed by atoms with Gasteiger partial charge in [0.15, 0.2) is 0 Å². The zero-order valence-electron chi connectivity index (χ0n) is 14.1. The molecule has 1 N–H and O–H groups in total. The van der Waals surface area contributed by atoms with Crippen molar-refractivity contribution in [3.05, 3.63) is 47.8 Å². The molecule has 1 amide bonds. The summed E-state index contributed by atoms with van der Waals surface area (Å²) in [6.07, 6.45) is 3.56. The predicted octanol–water partition coefficient (Wildman–Crippen LogP) is 1.74. The van der Waals surface area contributed by atoms with E-state index in [0.717, 1.165) is 16.9 Å². The lowest BCUT2D eigenvalue weighted by molar-refractivity contribution is -0.132. The van der Waals surface area contributed by atoms with Crippen molar-refractivity contribution in [2.24, 2.45) is 7.05 Å². The van der Waals surface area contributed by atoms with Crippen LogP contribution in [-0.4, -0.2) is 41.3 Å². The lowest BCUT2D eigenvalue weighted by Crippen LogP contribution is -2.37. The Balaban J connectivity index is 2.03. The van der Waals surface area contributed by atoms with Crippen LogP contribution in [0.25, 0.3) is 0 Å². The van der Waals surface area contributed by atoms with E-state index in [1.54, 1.807) is 29.9 Å². The highest BCUT2D eigenvalue weighted by Crippen LogP contribution is 2.17. The first-order valence-electron chi connectivity index (χ1n) is 7.67. The molecule has 0 aliphatic heterocycles. The Morgan fingerprint density at radius 2 is 2.09 bits per heavy atom. The van der Waals surface area contributed by atoms with Crippen molar-refractivity contribution in [1.29, 1.82) is 0 Å². The van der Waals surface area contributed by atoms with Gasteiger partial charge in [-0.25, -0.2) is 0 Å². The number of amides is 1. The highest BCUT2D eigenvalue weighted by molar-refractivity contribution is 5.82. The number of nitrogens with zero attached hydrogens (tertiary/aromatic N) is 3. The van der Waals surface area contributed by atoms with Crippen LogP contribution < -0.4 is 10.1 Å². The van der Waals surface area contributed by atoms with Gasteiger partial charge in [0.1, 0.15) is 11.8 Å².